The van der Waals surface area contributed by atoms with Crippen molar-refractivity contribution in [3.63, 3.8) is 0 Å². The SMILES string of the molecule is Cc1ccc(OCC(=O)NC2CCCCC2C)c(S(=O)(=O)N(C)C)c1. The van der Waals surface area contributed by atoms with E-state index in [1.165, 1.54) is 20.5 Å². The van der Waals surface area contributed by atoms with Crippen LogP contribution in [0.2, 0.25) is 0 Å². The number of ether oxygens (including phenoxy) is 1. The van der Waals surface area contributed by atoms with E-state index < -0.39 is 10.0 Å². The molecular formula is C18H28N2O4S. The van der Waals surface area contributed by atoms with Gasteiger partial charge in [0.05, 0.1) is 0 Å². The molecule has 1 saturated carbocycles. The number of amides is 1. The van der Waals surface area contributed by atoms with Gasteiger partial charge in [-0.25, -0.2) is 12.7 Å². The topological polar surface area (TPSA) is 75.7 Å². The lowest BCUT2D eigenvalue weighted by Crippen LogP contribution is -2.43. The molecule has 140 valence electrons. The van der Waals surface area contributed by atoms with Crippen LogP contribution in [0.5, 0.6) is 5.75 Å². The normalized spacial score (nSPS) is 21.2. The summed E-state index contributed by atoms with van der Waals surface area (Å²) in [5.41, 5.74) is 0.813. The fourth-order valence-electron chi connectivity index (χ4n) is 3.06. The first-order valence-corrected chi connectivity index (χ1v) is 10.1. The van der Waals surface area contributed by atoms with E-state index in [2.05, 4.69) is 12.2 Å². The molecule has 0 bridgehead atoms. The third-order valence-electron chi connectivity index (χ3n) is 4.67. The maximum atomic E-state index is 12.5. The van der Waals surface area contributed by atoms with E-state index in [0.29, 0.717) is 5.92 Å². The number of carbonyl (C=O) groups is 1. The number of nitrogens with one attached hydrogen (secondary N) is 1. The Morgan fingerprint density at radius 3 is 2.60 bits per heavy atom. The highest BCUT2D eigenvalue weighted by Crippen LogP contribution is 2.27. The van der Waals surface area contributed by atoms with Gasteiger partial charge >= 0.3 is 0 Å². The molecule has 0 spiro atoms. The fraction of sp³-hybridized carbons (Fsp3) is 0.611. The van der Waals surface area contributed by atoms with Crippen molar-refractivity contribution in [2.45, 2.75) is 50.5 Å². The van der Waals surface area contributed by atoms with Gasteiger partial charge in [-0.15, -0.1) is 0 Å². The Morgan fingerprint density at radius 2 is 1.96 bits per heavy atom. The Morgan fingerprint density at radius 1 is 1.28 bits per heavy atom. The molecule has 1 aliphatic rings. The van der Waals surface area contributed by atoms with Crippen molar-refractivity contribution in [1.29, 1.82) is 0 Å². The van der Waals surface area contributed by atoms with Crippen LogP contribution in [0.4, 0.5) is 0 Å². The zero-order chi connectivity index (χ0) is 18.6. The minimum atomic E-state index is -3.64. The van der Waals surface area contributed by atoms with Crippen LogP contribution in [0, 0.1) is 12.8 Å². The Labute approximate surface area is 150 Å². The van der Waals surface area contributed by atoms with Gasteiger partial charge in [-0.1, -0.05) is 25.8 Å². The summed E-state index contributed by atoms with van der Waals surface area (Å²) in [7, 11) is -0.696. The largest absolute Gasteiger partial charge is 0.482 e. The second-order valence-corrected chi connectivity index (χ2v) is 9.08. The smallest absolute Gasteiger partial charge is 0.258 e. The lowest BCUT2D eigenvalue weighted by atomic mass is 9.86. The monoisotopic (exact) mass is 368 g/mol. The number of carbonyl (C=O) groups excluding carboxylic acids is 1. The van der Waals surface area contributed by atoms with Crippen molar-refractivity contribution < 1.29 is 17.9 Å². The molecule has 2 rings (SSSR count). The molecule has 25 heavy (non-hydrogen) atoms. The highest BCUT2D eigenvalue weighted by Gasteiger charge is 2.25. The molecule has 1 amide bonds. The molecule has 0 aromatic heterocycles. The summed E-state index contributed by atoms with van der Waals surface area (Å²) in [5, 5.41) is 3.01. The zero-order valence-corrected chi connectivity index (χ0v) is 16.2. The second kappa shape index (κ2) is 8.19. The standard InChI is InChI=1S/C18H28N2O4S/c1-13-9-10-16(17(11-13)25(22,23)20(3)4)24-12-18(21)19-15-8-6-5-7-14(15)2/h9-11,14-15H,5-8,12H2,1-4H3,(H,19,21). The molecule has 1 aromatic rings. The number of nitrogens with zero attached hydrogens (tertiary/aromatic N) is 1. The number of benzene rings is 1. The molecule has 7 heteroatoms. The quantitative estimate of drug-likeness (QED) is 0.836. The van der Waals surface area contributed by atoms with Crippen LogP contribution in [0.15, 0.2) is 23.1 Å². The predicted molar refractivity (Wildman–Crippen MR) is 97.1 cm³/mol. The van der Waals surface area contributed by atoms with Crippen LogP contribution in [0.1, 0.15) is 38.2 Å². The van der Waals surface area contributed by atoms with Crippen molar-refractivity contribution in [1.82, 2.24) is 9.62 Å². The summed E-state index contributed by atoms with van der Waals surface area (Å²) in [6.45, 7) is 3.77. The number of hydrogen-bond acceptors (Lipinski definition) is 4. The van der Waals surface area contributed by atoms with E-state index in [4.69, 9.17) is 4.74 Å². The number of sulfonamides is 1. The summed E-state index contributed by atoms with van der Waals surface area (Å²) >= 11 is 0. The summed E-state index contributed by atoms with van der Waals surface area (Å²) in [6.07, 6.45) is 4.44. The Kier molecular flexibility index (Phi) is 6.46. The van der Waals surface area contributed by atoms with Crippen LogP contribution in [0.3, 0.4) is 0 Å². The molecule has 6 nitrogen and oxygen atoms in total. The van der Waals surface area contributed by atoms with E-state index >= 15 is 0 Å². The number of hydrogen-bond donors (Lipinski definition) is 1. The van der Waals surface area contributed by atoms with E-state index in [9.17, 15) is 13.2 Å². The molecule has 1 aliphatic carbocycles. The fourth-order valence-corrected chi connectivity index (χ4v) is 4.16. The Balaban J connectivity index is 2.06. The molecule has 0 radical (unpaired) electrons. The summed E-state index contributed by atoms with van der Waals surface area (Å²) in [4.78, 5) is 12.3. The lowest BCUT2D eigenvalue weighted by molar-refractivity contribution is -0.124. The molecule has 1 aromatic carbocycles. The van der Waals surface area contributed by atoms with Crippen molar-refractivity contribution in [2.75, 3.05) is 20.7 Å². The first-order valence-electron chi connectivity index (χ1n) is 8.67. The molecular weight excluding hydrogens is 340 g/mol. The first-order chi connectivity index (χ1) is 11.7. The lowest BCUT2D eigenvalue weighted by Gasteiger charge is -2.29. The van der Waals surface area contributed by atoms with Crippen LogP contribution < -0.4 is 10.1 Å². The minimum absolute atomic E-state index is 0.0799. The van der Waals surface area contributed by atoms with Gasteiger partial charge in [0.2, 0.25) is 10.0 Å². The average Bonchev–Trinajstić information content (AvgIpc) is 2.55. The number of aryl methyl sites for hydroxylation is 1. The van der Waals surface area contributed by atoms with E-state index in [1.807, 2.05) is 6.92 Å². The van der Waals surface area contributed by atoms with E-state index in [0.717, 1.165) is 29.1 Å². The molecule has 1 N–H and O–H groups in total. The van der Waals surface area contributed by atoms with Gasteiger partial charge in [-0.05, 0) is 43.4 Å². The maximum Gasteiger partial charge on any atom is 0.258 e. The van der Waals surface area contributed by atoms with Crippen molar-refractivity contribution >= 4 is 15.9 Å². The summed E-state index contributed by atoms with van der Waals surface area (Å²) in [6, 6.07) is 5.10. The molecule has 0 saturated heterocycles. The summed E-state index contributed by atoms with van der Waals surface area (Å²) < 4.78 is 31.6. The van der Waals surface area contributed by atoms with Gasteiger partial charge in [0.25, 0.3) is 5.91 Å². The van der Waals surface area contributed by atoms with Crippen LogP contribution in [0.25, 0.3) is 0 Å². The van der Waals surface area contributed by atoms with Crippen molar-refractivity contribution in [3.05, 3.63) is 23.8 Å². The van der Waals surface area contributed by atoms with Gasteiger partial charge < -0.3 is 10.1 Å². The van der Waals surface area contributed by atoms with Crippen molar-refractivity contribution in [3.8, 4) is 5.75 Å². The van der Waals surface area contributed by atoms with Gasteiger partial charge in [0, 0.05) is 20.1 Å². The van der Waals surface area contributed by atoms with Crippen LogP contribution in [-0.2, 0) is 14.8 Å². The molecule has 0 aliphatic heterocycles. The average molecular weight is 368 g/mol. The Hall–Kier alpha value is -1.60. The third-order valence-corrected chi connectivity index (χ3v) is 6.51. The van der Waals surface area contributed by atoms with Crippen molar-refractivity contribution in [2.24, 2.45) is 5.92 Å². The summed E-state index contributed by atoms with van der Waals surface area (Å²) in [5.74, 6) is 0.445. The van der Waals surface area contributed by atoms with Gasteiger partial charge in [-0.2, -0.15) is 0 Å². The van der Waals surface area contributed by atoms with Gasteiger partial charge in [0.1, 0.15) is 10.6 Å². The highest BCUT2D eigenvalue weighted by molar-refractivity contribution is 7.89. The molecule has 0 heterocycles. The van der Waals surface area contributed by atoms with E-state index in [1.54, 1.807) is 18.2 Å². The van der Waals surface area contributed by atoms with Crippen LogP contribution in [-0.4, -0.2) is 45.4 Å². The Bertz CT molecular complexity index is 716. The molecule has 2 atom stereocenters. The number of rotatable bonds is 6. The van der Waals surface area contributed by atoms with Gasteiger partial charge in [0.15, 0.2) is 6.61 Å². The van der Waals surface area contributed by atoms with Gasteiger partial charge in [-0.3, -0.25) is 4.79 Å². The third kappa shape index (κ3) is 4.95. The maximum absolute atomic E-state index is 12.5. The zero-order valence-electron chi connectivity index (χ0n) is 15.4. The predicted octanol–water partition coefficient (Wildman–Crippen LogP) is 2.32. The van der Waals surface area contributed by atoms with Crippen LogP contribution >= 0.6 is 0 Å². The molecule has 1 fully saturated rings. The minimum Gasteiger partial charge on any atom is -0.482 e. The van der Waals surface area contributed by atoms with E-state index in [-0.39, 0.29) is 29.2 Å². The first kappa shape index (κ1) is 19.7. The second-order valence-electron chi connectivity index (χ2n) is 6.96. The molecule has 2 unspecified atom stereocenters. The highest BCUT2D eigenvalue weighted by atomic mass is 32.2.